The number of methoxy groups -OCH3 is 1. The molecule has 0 radical (unpaired) electrons. The van der Waals surface area contributed by atoms with Crippen LogP contribution in [0.15, 0.2) is 43.2 Å². The van der Waals surface area contributed by atoms with E-state index in [1.54, 1.807) is 24.4 Å². The summed E-state index contributed by atoms with van der Waals surface area (Å²) in [6.45, 7) is 1.85. The van der Waals surface area contributed by atoms with Crippen LogP contribution in [0, 0.1) is 11.3 Å². The maximum Gasteiger partial charge on any atom is 0.451 e. The summed E-state index contributed by atoms with van der Waals surface area (Å²) >= 11 is 0. The van der Waals surface area contributed by atoms with Gasteiger partial charge in [0.15, 0.2) is 6.23 Å². The standard InChI is InChI=1S/C26H27F3N10O2/c1-41-20-12-37(23(40)18-3-8-32-24(36-18)26(27,28)29)9-4-19(20)38-13-25(14-38,5-6-30)39-11-16(10-35-39)21-17-2-7-31-22(17)34-15-33-21/h2-3,7-8,10-11,15,19-20,23,40H,4-5,9,12-14H2,1H3,(H,31,33,34)/t19-,20+,23?/m0/s1. The van der Waals surface area contributed by atoms with Gasteiger partial charge in [-0.15, -0.1) is 0 Å². The number of piperidine rings is 1. The number of aromatic amines is 1. The molecule has 2 aliphatic rings. The summed E-state index contributed by atoms with van der Waals surface area (Å²) in [6, 6.07) is 5.48. The van der Waals surface area contributed by atoms with Crippen molar-refractivity contribution in [2.75, 3.05) is 33.3 Å². The quantitative estimate of drug-likeness (QED) is 0.341. The van der Waals surface area contributed by atoms with Gasteiger partial charge in [0, 0.05) is 68.9 Å². The maximum atomic E-state index is 13.1. The van der Waals surface area contributed by atoms with Crippen LogP contribution in [0.3, 0.4) is 0 Å². The highest BCUT2D eigenvalue weighted by molar-refractivity contribution is 5.89. The predicted octanol–water partition coefficient (Wildman–Crippen LogP) is 2.34. The van der Waals surface area contributed by atoms with Gasteiger partial charge in [-0.1, -0.05) is 0 Å². The second kappa shape index (κ2) is 10.5. The second-order valence-electron chi connectivity index (χ2n) is 10.4. The fourth-order valence-electron chi connectivity index (χ4n) is 5.88. The number of halogens is 3. The third kappa shape index (κ3) is 4.93. The number of nitrogens with one attached hydrogen (secondary N) is 1. The lowest BCUT2D eigenvalue weighted by molar-refractivity contribution is -0.146. The first-order valence-corrected chi connectivity index (χ1v) is 13.0. The van der Waals surface area contributed by atoms with Crippen LogP contribution in [0.25, 0.3) is 22.3 Å². The summed E-state index contributed by atoms with van der Waals surface area (Å²) < 4.78 is 46.8. The predicted molar refractivity (Wildman–Crippen MR) is 138 cm³/mol. The Labute approximate surface area is 232 Å². The number of rotatable bonds is 7. The van der Waals surface area contributed by atoms with Crippen molar-refractivity contribution in [2.24, 2.45) is 0 Å². The zero-order valence-electron chi connectivity index (χ0n) is 22.0. The summed E-state index contributed by atoms with van der Waals surface area (Å²) in [5, 5.41) is 26.0. The Bertz CT molecular complexity index is 1580. The molecule has 6 rings (SSSR count). The van der Waals surface area contributed by atoms with Gasteiger partial charge in [0.25, 0.3) is 0 Å². The van der Waals surface area contributed by atoms with Crippen LogP contribution in [-0.2, 0) is 16.5 Å². The number of alkyl halides is 3. The van der Waals surface area contributed by atoms with Gasteiger partial charge in [-0.25, -0.2) is 19.9 Å². The molecular weight excluding hydrogens is 541 g/mol. The van der Waals surface area contributed by atoms with Crippen LogP contribution < -0.4 is 0 Å². The number of nitriles is 1. The number of likely N-dealkylation sites (tertiary alicyclic amines) is 2. The van der Waals surface area contributed by atoms with Crippen LogP contribution in [0.5, 0.6) is 0 Å². The Morgan fingerprint density at radius 1 is 1.27 bits per heavy atom. The number of hydrogen-bond acceptors (Lipinski definition) is 10. The first-order valence-electron chi connectivity index (χ1n) is 13.0. The van der Waals surface area contributed by atoms with E-state index in [4.69, 9.17) is 4.74 Å². The molecule has 0 amide bonds. The number of aromatic nitrogens is 7. The Morgan fingerprint density at radius 3 is 2.85 bits per heavy atom. The molecule has 6 heterocycles. The van der Waals surface area contributed by atoms with Gasteiger partial charge in [-0.3, -0.25) is 14.5 Å². The maximum absolute atomic E-state index is 13.1. The van der Waals surface area contributed by atoms with Crippen molar-refractivity contribution in [3.63, 3.8) is 0 Å². The molecule has 0 spiro atoms. The van der Waals surface area contributed by atoms with Crippen LogP contribution in [0.2, 0.25) is 0 Å². The normalized spacial score (nSPS) is 22.3. The van der Waals surface area contributed by atoms with E-state index in [1.807, 2.05) is 16.9 Å². The molecule has 214 valence electrons. The van der Waals surface area contributed by atoms with E-state index in [9.17, 15) is 23.5 Å². The smallest absolute Gasteiger partial charge is 0.378 e. The van der Waals surface area contributed by atoms with Crippen molar-refractivity contribution in [1.82, 2.24) is 44.5 Å². The number of fused-ring (bicyclic) bond motifs is 1. The molecule has 15 heteroatoms. The lowest BCUT2D eigenvalue weighted by Gasteiger charge is -2.55. The summed E-state index contributed by atoms with van der Waals surface area (Å²) in [6.07, 6.45) is 2.46. The van der Waals surface area contributed by atoms with Gasteiger partial charge in [-0.05, 0) is 18.6 Å². The Hall–Kier alpha value is -3.97. The molecule has 12 nitrogen and oxygen atoms in total. The van der Waals surface area contributed by atoms with Gasteiger partial charge in [0.1, 0.15) is 17.5 Å². The van der Waals surface area contributed by atoms with Gasteiger partial charge in [-0.2, -0.15) is 23.5 Å². The molecule has 1 unspecified atom stereocenters. The summed E-state index contributed by atoms with van der Waals surface area (Å²) in [7, 11) is 1.57. The Kier molecular flexibility index (Phi) is 6.94. The summed E-state index contributed by atoms with van der Waals surface area (Å²) in [4.78, 5) is 22.4. The molecule has 41 heavy (non-hydrogen) atoms. The lowest BCUT2D eigenvalue weighted by Crippen LogP contribution is -2.69. The minimum atomic E-state index is -4.70. The van der Waals surface area contributed by atoms with E-state index in [0.29, 0.717) is 32.6 Å². The zero-order valence-corrected chi connectivity index (χ0v) is 22.0. The number of aliphatic hydroxyl groups excluding tert-OH is 1. The van der Waals surface area contributed by atoms with E-state index in [2.05, 4.69) is 41.0 Å². The SMILES string of the molecule is CO[C@@H]1CN(C(O)c2ccnc(C(F)(F)F)n2)CC[C@@H]1N1CC(CC#N)(n2cc(-c3ncnc4[nH]ccc34)cn2)C1. The van der Waals surface area contributed by atoms with Crippen LogP contribution in [0.1, 0.15) is 30.6 Å². The van der Waals surface area contributed by atoms with E-state index in [0.717, 1.165) is 28.5 Å². The monoisotopic (exact) mass is 568 g/mol. The van der Waals surface area contributed by atoms with Gasteiger partial charge in [0.05, 0.1) is 36.2 Å². The third-order valence-electron chi connectivity index (χ3n) is 7.97. The van der Waals surface area contributed by atoms with Crippen molar-refractivity contribution in [3.8, 4) is 17.3 Å². The largest absolute Gasteiger partial charge is 0.451 e. The molecule has 0 saturated carbocycles. The minimum absolute atomic E-state index is 0.0113. The molecule has 2 saturated heterocycles. The van der Waals surface area contributed by atoms with Crippen LogP contribution in [-0.4, -0.2) is 95.0 Å². The van der Waals surface area contributed by atoms with Gasteiger partial charge >= 0.3 is 6.18 Å². The highest BCUT2D eigenvalue weighted by atomic mass is 19.4. The summed E-state index contributed by atoms with van der Waals surface area (Å²) in [5.41, 5.74) is 1.66. The molecule has 2 N–H and O–H groups in total. The highest BCUT2D eigenvalue weighted by Gasteiger charge is 2.50. The van der Waals surface area contributed by atoms with E-state index < -0.39 is 23.8 Å². The van der Waals surface area contributed by atoms with Crippen LogP contribution in [0.4, 0.5) is 13.2 Å². The number of hydrogen-bond donors (Lipinski definition) is 2. The molecule has 0 bridgehead atoms. The molecule has 2 aliphatic heterocycles. The van der Waals surface area contributed by atoms with Crippen molar-refractivity contribution < 1.29 is 23.0 Å². The van der Waals surface area contributed by atoms with E-state index in [-0.39, 0.29) is 24.3 Å². The van der Waals surface area contributed by atoms with E-state index in [1.165, 1.54) is 12.4 Å². The van der Waals surface area contributed by atoms with Crippen molar-refractivity contribution in [2.45, 2.75) is 42.9 Å². The average Bonchev–Trinajstić information content (AvgIpc) is 3.64. The second-order valence-corrected chi connectivity index (χ2v) is 10.4. The Balaban J connectivity index is 1.15. The van der Waals surface area contributed by atoms with Gasteiger partial charge in [0.2, 0.25) is 5.82 Å². The van der Waals surface area contributed by atoms with Crippen LogP contribution >= 0.6 is 0 Å². The van der Waals surface area contributed by atoms with E-state index >= 15 is 0 Å². The molecule has 3 atom stereocenters. The third-order valence-corrected chi connectivity index (χ3v) is 7.97. The van der Waals surface area contributed by atoms with Crippen molar-refractivity contribution in [1.29, 1.82) is 5.26 Å². The number of ether oxygens (including phenoxy) is 1. The molecule has 2 fully saturated rings. The fourth-order valence-corrected chi connectivity index (χ4v) is 5.88. The number of nitrogens with zero attached hydrogens (tertiary/aromatic N) is 9. The molecular formula is C26H27F3N10O2. The highest BCUT2D eigenvalue weighted by Crippen LogP contribution is 2.38. The first-order chi connectivity index (χ1) is 19.7. The Morgan fingerprint density at radius 2 is 2.10 bits per heavy atom. The molecule has 0 aromatic carbocycles. The lowest BCUT2D eigenvalue weighted by atomic mass is 9.83. The fraction of sp³-hybridized carbons (Fsp3) is 0.462. The minimum Gasteiger partial charge on any atom is -0.378 e. The first kappa shape index (κ1) is 27.2. The zero-order chi connectivity index (χ0) is 28.8. The van der Waals surface area contributed by atoms with Crippen molar-refractivity contribution in [3.05, 3.63) is 54.8 Å². The molecule has 0 aliphatic carbocycles. The number of aliphatic hydroxyl groups is 1. The molecule has 4 aromatic rings. The van der Waals surface area contributed by atoms with Gasteiger partial charge < -0.3 is 14.8 Å². The average molecular weight is 569 g/mol. The number of H-pyrrole nitrogens is 1. The summed E-state index contributed by atoms with van der Waals surface area (Å²) in [5.74, 6) is -1.29. The topological polar surface area (TPSA) is 145 Å². The molecule has 4 aromatic heterocycles. The van der Waals surface area contributed by atoms with Crippen molar-refractivity contribution >= 4 is 11.0 Å².